The van der Waals surface area contributed by atoms with Crippen molar-refractivity contribution in [1.29, 1.82) is 0 Å². The van der Waals surface area contributed by atoms with Gasteiger partial charge in [0.05, 0.1) is 23.9 Å². The van der Waals surface area contributed by atoms with Gasteiger partial charge in [-0.25, -0.2) is 4.98 Å². The molecule has 0 radical (unpaired) electrons. The van der Waals surface area contributed by atoms with Gasteiger partial charge in [-0.05, 0) is 36.4 Å². The third kappa shape index (κ3) is 3.51. The maximum atomic E-state index is 12.6. The molecular formula is C17H19N3O3S2. The molecule has 0 saturated carbocycles. The van der Waals surface area contributed by atoms with Gasteiger partial charge >= 0.3 is 0 Å². The van der Waals surface area contributed by atoms with Crippen LogP contribution in [-0.4, -0.2) is 30.1 Å². The second-order valence-electron chi connectivity index (χ2n) is 5.53. The first-order chi connectivity index (χ1) is 12.0. The van der Waals surface area contributed by atoms with Crippen LogP contribution < -0.4 is 10.1 Å². The van der Waals surface area contributed by atoms with E-state index in [9.17, 15) is 4.79 Å². The Balaban J connectivity index is 1.92. The Bertz CT molecular complexity index is 917. The number of rotatable bonds is 6. The van der Waals surface area contributed by atoms with E-state index in [1.807, 2.05) is 19.2 Å². The Morgan fingerprint density at radius 3 is 2.72 bits per heavy atom. The average Bonchev–Trinajstić information content (AvgIpc) is 3.16. The molecule has 3 rings (SSSR count). The number of hydrogen-bond donors (Lipinski definition) is 1. The van der Waals surface area contributed by atoms with Crippen LogP contribution in [0.2, 0.25) is 0 Å². The molecule has 3 heterocycles. The second kappa shape index (κ2) is 7.47. The number of nitrogens with one attached hydrogen (secondary N) is 1. The lowest BCUT2D eigenvalue weighted by atomic mass is 10.2. The van der Waals surface area contributed by atoms with Crippen LogP contribution in [0.4, 0.5) is 0 Å². The van der Waals surface area contributed by atoms with Crippen LogP contribution in [0.1, 0.15) is 31.5 Å². The summed E-state index contributed by atoms with van der Waals surface area (Å²) in [4.78, 5) is 24.0. The molecule has 0 atom stereocenters. The highest BCUT2D eigenvalue weighted by Crippen LogP contribution is 2.35. The zero-order chi connectivity index (χ0) is 18.0. The number of aryl methyl sites for hydroxylation is 2. The van der Waals surface area contributed by atoms with E-state index >= 15 is 0 Å². The summed E-state index contributed by atoms with van der Waals surface area (Å²) in [5.41, 5.74) is 2.02. The molecule has 0 saturated heterocycles. The minimum Gasteiger partial charge on any atom is -0.480 e. The number of nitrogens with zero attached hydrogens (tertiary/aromatic N) is 2. The first kappa shape index (κ1) is 17.8. The Hall–Kier alpha value is -2.03. The van der Waals surface area contributed by atoms with E-state index in [0.29, 0.717) is 29.7 Å². The lowest BCUT2D eigenvalue weighted by Crippen LogP contribution is -2.22. The summed E-state index contributed by atoms with van der Waals surface area (Å²) in [5, 5.41) is 5.80. The molecule has 0 aromatic carbocycles. The molecular weight excluding hydrogens is 358 g/mol. The van der Waals surface area contributed by atoms with Crippen LogP contribution in [0.5, 0.6) is 5.88 Å². The summed E-state index contributed by atoms with van der Waals surface area (Å²) in [6.45, 7) is 4.75. The third-order valence-electron chi connectivity index (χ3n) is 3.85. The normalized spacial score (nSPS) is 11.0. The fourth-order valence-electron chi connectivity index (χ4n) is 2.53. The van der Waals surface area contributed by atoms with Gasteiger partial charge in [0, 0.05) is 12.0 Å². The van der Waals surface area contributed by atoms with Crippen LogP contribution in [0.25, 0.3) is 10.2 Å². The van der Waals surface area contributed by atoms with Gasteiger partial charge in [-0.1, -0.05) is 0 Å². The average molecular weight is 377 g/mol. The number of amides is 1. The molecule has 0 spiro atoms. The summed E-state index contributed by atoms with van der Waals surface area (Å²) in [6, 6.07) is 2.05. The van der Waals surface area contributed by atoms with Crippen molar-refractivity contribution in [3.63, 3.8) is 0 Å². The number of aromatic nitrogens is 2. The van der Waals surface area contributed by atoms with Crippen molar-refractivity contribution in [1.82, 2.24) is 15.3 Å². The molecule has 25 heavy (non-hydrogen) atoms. The molecule has 0 bridgehead atoms. The molecule has 8 heteroatoms. The topological polar surface area (TPSA) is 73.3 Å². The van der Waals surface area contributed by atoms with Crippen molar-refractivity contribution in [3.8, 4) is 5.88 Å². The van der Waals surface area contributed by atoms with E-state index in [4.69, 9.17) is 9.47 Å². The van der Waals surface area contributed by atoms with Gasteiger partial charge in [0.25, 0.3) is 5.91 Å². The predicted molar refractivity (Wildman–Crippen MR) is 99.6 cm³/mol. The quantitative estimate of drug-likeness (QED) is 0.712. The largest absolute Gasteiger partial charge is 0.480 e. The summed E-state index contributed by atoms with van der Waals surface area (Å²) in [5.74, 6) is 0.900. The molecule has 0 fully saturated rings. The van der Waals surface area contributed by atoms with E-state index in [1.165, 1.54) is 16.9 Å². The predicted octanol–water partition coefficient (Wildman–Crippen LogP) is 3.45. The van der Waals surface area contributed by atoms with Crippen molar-refractivity contribution in [2.24, 2.45) is 0 Å². The van der Waals surface area contributed by atoms with Crippen molar-refractivity contribution >= 4 is 38.8 Å². The first-order valence-corrected chi connectivity index (χ1v) is 9.38. The number of carbonyl (C=O) groups is 1. The van der Waals surface area contributed by atoms with E-state index < -0.39 is 0 Å². The zero-order valence-electron chi connectivity index (χ0n) is 14.5. The Labute approximate surface area is 153 Å². The van der Waals surface area contributed by atoms with Crippen molar-refractivity contribution in [3.05, 3.63) is 38.2 Å². The standard InChI is InChI=1S/C17H19N3O3S2/c1-9-5-6-24-11(9)7-18-15(21)14-10(2)13-16(23-4)19-12(8-22-3)20-17(13)25-14/h5-6H,7-8H2,1-4H3,(H,18,21). The van der Waals surface area contributed by atoms with E-state index in [0.717, 1.165) is 20.7 Å². The van der Waals surface area contributed by atoms with Crippen molar-refractivity contribution in [2.45, 2.75) is 27.0 Å². The van der Waals surface area contributed by atoms with Crippen molar-refractivity contribution in [2.75, 3.05) is 14.2 Å². The molecule has 0 aliphatic carbocycles. The molecule has 3 aromatic rings. The molecule has 132 valence electrons. The molecule has 1 amide bonds. The van der Waals surface area contributed by atoms with E-state index in [2.05, 4.69) is 21.4 Å². The molecule has 3 aromatic heterocycles. The number of hydrogen-bond acceptors (Lipinski definition) is 7. The number of carbonyl (C=O) groups excluding carboxylic acids is 1. The smallest absolute Gasteiger partial charge is 0.262 e. The van der Waals surface area contributed by atoms with Gasteiger partial charge in [0.15, 0.2) is 5.82 Å². The minimum absolute atomic E-state index is 0.108. The maximum Gasteiger partial charge on any atom is 0.262 e. The molecule has 6 nitrogen and oxygen atoms in total. The van der Waals surface area contributed by atoms with Crippen LogP contribution in [0, 0.1) is 13.8 Å². The number of ether oxygens (including phenoxy) is 2. The van der Waals surface area contributed by atoms with Gasteiger partial charge in [-0.2, -0.15) is 4.98 Å². The van der Waals surface area contributed by atoms with Gasteiger partial charge < -0.3 is 14.8 Å². The summed E-state index contributed by atoms with van der Waals surface area (Å²) in [7, 11) is 3.15. The molecule has 0 aliphatic heterocycles. The highest BCUT2D eigenvalue weighted by molar-refractivity contribution is 7.20. The summed E-state index contributed by atoms with van der Waals surface area (Å²) < 4.78 is 10.5. The van der Waals surface area contributed by atoms with E-state index in [-0.39, 0.29) is 5.91 Å². The van der Waals surface area contributed by atoms with Crippen LogP contribution in [0.3, 0.4) is 0 Å². The van der Waals surface area contributed by atoms with Crippen molar-refractivity contribution < 1.29 is 14.3 Å². The molecule has 0 unspecified atom stereocenters. The number of methoxy groups -OCH3 is 2. The summed E-state index contributed by atoms with van der Waals surface area (Å²) in [6.07, 6.45) is 0. The second-order valence-corrected chi connectivity index (χ2v) is 7.53. The zero-order valence-corrected chi connectivity index (χ0v) is 16.1. The highest BCUT2D eigenvalue weighted by atomic mass is 32.1. The number of fused-ring (bicyclic) bond motifs is 1. The Morgan fingerprint density at radius 2 is 2.08 bits per heavy atom. The fourth-order valence-corrected chi connectivity index (χ4v) is 4.48. The lowest BCUT2D eigenvalue weighted by molar-refractivity contribution is 0.0955. The Morgan fingerprint density at radius 1 is 1.28 bits per heavy atom. The molecule has 1 N–H and O–H groups in total. The Kier molecular flexibility index (Phi) is 5.31. The first-order valence-electron chi connectivity index (χ1n) is 7.69. The van der Waals surface area contributed by atoms with Gasteiger partial charge in [0.2, 0.25) is 5.88 Å². The van der Waals surface area contributed by atoms with Gasteiger partial charge in [0.1, 0.15) is 11.4 Å². The highest BCUT2D eigenvalue weighted by Gasteiger charge is 2.21. The van der Waals surface area contributed by atoms with E-state index in [1.54, 1.807) is 25.6 Å². The van der Waals surface area contributed by atoms with Gasteiger partial charge in [-0.3, -0.25) is 4.79 Å². The number of thiophene rings is 2. The maximum absolute atomic E-state index is 12.6. The molecule has 0 aliphatic rings. The fraction of sp³-hybridized carbons (Fsp3) is 0.353. The van der Waals surface area contributed by atoms with Crippen LogP contribution in [-0.2, 0) is 17.9 Å². The minimum atomic E-state index is -0.108. The lowest BCUT2D eigenvalue weighted by Gasteiger charge is -2.05. The van der Waals surface area contributed by atoms with Gasteiger partial charge in [-0.15, -0.1) is 22.7 Å². The monoisotopic (exact) mass is 377 g/mol. The summed E-state index contributed by atoms with van der Waals surface area (Å²) >= 11 is 2.99. The SMILES string of the molecule is COCc1nc(OC)c2c(C)c(C(=O)NCc3sccc3C)sc2n1. The van der Waals surface area contributed by atoms with Crippen LogP contribution in [0.15, 0.2) is 11.4 Å². The third-order valence-corrected chi connectivity index (χ3v) is 6.06. The van der Waals surface area contributed by atoms with Crippen LogP contribution >= 0.6 is 22.7 Å².